The first kappa shape index (κ1) is 14.4. The summed E-state index contributed by atoms with van der Waals surface area (Å²) in [7, 11) is 0. The molecule has 1 aromatic rings. The Balaban J connectivity index is 2.79. The number of rotatable bonds is 6. The van der Waals surface area contributed by atoms with Crippen LogP contribution in [-0.4, -0.2) is 11.9 Å². The maximum Gasteiger partial charge on any atom is 0.250 e. The van der Waals surface area contributed by atoms with Gasteiger partial charge in [0.15, 0.2) is 0 Å². The molecule has 0 saturated carbocycles. The molecule has 0 aromatic heterocycles. The maximum atomic E-state index is 11.2. The second-order valence-corrected chi connectivity index (χ2v) is 4.93. The lowest BCUT2D eigenvalue weighted by Gasteiger charge is -2.20. The summed E-state index contributed by atoms with van der Waals surface area (Å²) in [6.07, 6.45) is 2.22. The zero-order valence-electron chi connectivity index (χ0n) is 11.4. The molecular weight excluding hydrogens is 226 g/mol. The van der Waals surface area contributed by atoms with Gasteiger partial charge in [-0.2, -0.15) is 0 Å². The van der Waals surface area contributed by atoms with E-state index in [4.69, 9.17) is 11.5 Å². The Morgan fingerprint density at radius 1 is 1.39 bits per heavy atom. The monoisotopic (exact) mass is 249 g/mol. The van der Waals surface area contributed by atoms with Crippen LogP contribution >= 0.6 is 0 Å². The van der Waals surface area contributed by atoms with E-state index in [9.17, 15) is 4.79 Å². The van der Waals surface area contributed by atoms with Crippen LogP contribution in [0.4, 0.5) is 11.4 Å². The van der Waals surface area contributed by atoms with Crippen molar-refractivity contribution in [2.24, 2.45) is 11.7 Å². The van der Waals surface area contributed by atoms with Gasteiger partial charge >= 0.3 is 0 Å². The number of nitrogen functional groups attached to an aromatic ring is 1. The molecule has 1 rings (SSSR count). The summed E-state index contributed by atoms with van der Waals surface area (Å²) in [6, 6.07) is 5.61. The fourth-order valence-electron chi connectivity index (χ4n) is 2.00. The molecule has 5 N–H and O–H groups in total. The van der Waals surface area contributed by atoms with Crippen molar-refractivity contribution in [3.63, 3.8) is 0 Å². The van der Waals surface area contributed by atoms with Crippen LogP contribution in [-0.2, 0) is 0 Å². The molecule has 0 saturated heterocycles. The highest BCUT2D eigenvalue weighted by Crippen LogP contribution is 2.24. The normalized spacial score (nSPS) is 13.9. The molecule has 0 fully saturated rings. The lowest BCUT2D eigenvalue weighted by Crippen LogP contribution is -2.20. The molecule has 0 bridgehead atoms. The Morgan fingerprint density at radius 2 is 2.06 bits per heavy atom. The van der Waals surface area contributed by atoms with E-state index >= 15 is 0 Å². The third-order valence-corrected chi connectivity index (χ3v) is 3.23. The van der Waals surface area contributed by atoms with Gasteiger partial charge in [-0.1, -0.05) is 26.3 Å². The number of hydrogen-bond donors (Lipinski definition) is 3. The van der Waals surface area contributed by atoms with E-state index in [0.29, 0.717) is 23.2 Å². The van der Waals surface area contributed by atoms with Gasteiger partial charge in [-0.05, 0) is 31.4 Å². The third-order valence-electron chi connectivity index (χ3n) is 3.23. The number of primary amides is 1. The molecule has 18 heavy (non-hydrogen) atoms. The summed E-state index contributed by atoms with van der Waals surface area (Å²) in [5.41, 5.74) is 12.8. The van der Waals surface area contributed by atoms with Crippen molar-refractivity contribution >= 4 is 17.3 Å². The van der Waals surface area contributed by atoms with Gasteiger partial charge < -0.3 is 16.8 Å². The molecule has 2 unspecified atom stereocenters. The highest BCUT2D eigenvalue weighted by atomic mass is 16.1. The molecule has 0 aliphatic heterocycles. The molecule has 0 spiro atoms. The van der Waals surface area contributed by atoms with Crippen molar-refractivity contribution in [2.75, 3.05) is 11.1 Å². The van der Waals surface area contributed by atoms with Gasteiger partial charge in [-0.3, -0.25) is 4.79 Å². The average Bonchev–Trinajstić information content (AvgIpc) is 2.31. The number of benzene rings is 1. The number of carbonyl (C=O) groups excluding carboxylic acids is 1. The minimum atomic E-state index is -0.495. The fourth-order valence-corrected chi connectivity index (χ4v) is 2.00. The van der Waals surface area contributed by atoms with Gasteiger partial charge in [0.05, 0.1) is 16.9 Å². The van der Waals surface area contributed by atoms with E-state index in [1.807, 2.05) is 6.07 Å². The van der Waals surface area contributed by atoms with Gasteiger partial charge in [-0.15, -0.1) is 0 Å². The molecule has 0 aliphatic rings. The number of hydrogen-bond acceptors (Lipinski definition) is 3. The first-order valence-corrected chi connectivity index (χ1v) is 6.40. The Bertz CT molecular complexity index is 418. The van der Waals surface area contributed by atoms with Crippen LogP contribution in [0.2, 0.25) is 0 Å². The second kappa shape index (κ2) is 6.28. The van der Waals surface area contributed by atoms with Crippen LogP contribution in [0.25, 0.3) is 0 Å². The lowest BCUT2D eigenvalue weighted by atomic mass is 10.00. The fraction of sp³-hybridized carbons (Fsp3) is 0.500. The number of anilines is 2. The topological polar surface area (TPSA) is 81.1 Å². The highest BCUT2D eigenvalue weighted by Gasteiger charge is 2.12. The number of para-hydroxylation sites is 1. The number of carbonyl (C=O) groups is 1. The Hall–Kier alpha value is -1.71. The number of nitrogens with two attached hydrogens (primary N) is 2. The standard InChI is InChI=1S/C14H23N3O/c1-4-9(2)8-10(3)17-12-7-5-6-11(13(12)15)14(16)18/h5-7,9-10,17H,4,8,15H2,1-3H3,(H2,16,18). The average molecular weight is 249 g/mol. The van der Waals surface area contributed by atoms with E-state index < -0.39 is 5.91 Å². The van der Waals surface area contributed by atoms with Gasteiger partial charge in [0.2, 0.25) is 0 Å². The van der Waals surface area contributed by atoms with Crippen LogP contribution in [0.3, 0.4) is 0 Å². The third kappa shape index (κ3) is 3.65. The summed E-state index contributed by atoms with van der Waals surface area (Å²) in [4.78, 5) is 11.2. The van der Waals surface area contributed by atoms with Crippen molar-refractivity contribution in [1.29, 1.82) is 0 Å². The molecule has 0 heterocycles. The minimum absolute atomic E-state index is 0.311. The van der Waals surface area contributed by atoms with Crippen LogP contribution in [0, 0.1) is 5.92 Å². The van der Waals surface area contributed by atoms with Crippen molar-refractivity contribution in [3.8, 4) is 0 Å². The van der Waals surface area contributed by atoms with E-state index in [2.05, 4.69) is 26.1 Å². The largest absolute Gasteiger partial charge is 0.396 e. The Kier molecular flexibility index (Phi) is 5.01. The van der Waals surface area contributed by atoms with Crippen molar-refractivity contribution in [3.05, 3.63) is 23.8 Å². The van der Waals surface area contributed by atoms with E-state index in [1.54, 1.807) is 12.1 Å². The second-order valence-electron chi connectivity index (χ2n) is 4.93. The van der Waals surface area contributed by atoms with Crippen LogP contribution in [0.1, 0.15) is 44.0 Å². The zero-order valence-corrected chi connectivity index (χ0v) is 11.4. The molecule has 0 radical (unpaired) electrons. The maximum absolute atomic E-state index is 11.2. The summed E-state index contributed by atoms with van der Waals surface area (Å²) < 4.78 is 0. The van der Waals surface area contributed by atoms with Gasteiger partial charge in [0.25, 0.3) is 5.91 Å². The summed E-state index contributed by atoms with van der Waals surface area (Å²) in [5.74, 6) is 0.166. The number of nitrogens with one attached hydrogen (secondary N) is 1. The highest BCUT2D eigenvalue weighted by molar-refractivity contribution is 6.00. The van der Waals surface area contributed by atoms with Crippen molar-refractivity contribution in [2.45, 2.75) is 39.7 Å². The lowest BCUT2D eigenvalue weighted by molar-refractivity contribution is 0.100. The van der Waals surface area contributed by atoms with Gasteiger partial charge in [0.1, 0.15) is 0 Å². The molecule has 0 aliphatic carbocycles. The van der Waals surface area contributed by atoms with Crippen molar-refractivity contribution in [1.82, 2.24) is 0 Å². The van der Waals surface area contributed by atoms with E-state index in [1.165, 1.54) is 0 Å². The summed E-state index contributed by atoms with van der Waals surface area (Å²) in [5, 5.41) is 3.34. The summed E-state index contributed by atoms with van der Waals surface area (Å²) >= 11 is 0. The number of amides is 1. The predicted molar refractivity (Wildman–Crippen MR) is 76.5 cm³/mol. The molecule has 100 valence electrons. The molecular formula is C14H23N3O. The SMILES string of the molecule is CCC(C)CC(C)Nc1cccc(C(N)=O)c1N. The molecule has 1 amide bonds. The molecule has 2 atom stereocenters. The first-order chi connectivity index (χ1) is 8.45. The minimum Gasteiger partial charge on any atom is -0.396 e. The van der Waals surface area contributed by atoms with Gasteiger partial charge in [-0.25, -0.2) is 0 Å². The van der Waals surface area contributed by atoms with E-state index in [-0.39, 0.29) is 0 Å². The molecule has 1 aromatic carbocycles. The predicted octanol–water partition coefficient (Wildman–Crippen LogP) is 2.60. The van der Waals surface area contributed by atoms with Crippen LogP contribution in [0.15, 0.2) is 18.2 Å². The van der Waals surface area contributed by atoms with E-state index in [0.717, 1.165) is 18.5 Å². The van der Waals surface area contributed by atoms with Crippen LogP contribution < -0.4 is 16.8 Å². The quantitative estimate of drug-likeness (QED) is 0.678. The molecule has 4 heteroatoms. The Morgan fingerprint density at radius 3 is 2.61 bits per heavy atom. The van der Waals surface area contributed by atoms with Crippen molar-refractivity contribution < 1.29 is 4.79 Å². The first-order valence-electron chi connectivity index (χ1n) is 6.40. The Labute approximate surface area is 109 Å². The van der Waals surface area contributed by atoms with Crippen LogP contribution in [0.5, 0.6) is 0 Å². The zero-order chi connectivity index (χ0) is 13.7. The summed E-state index contributed by atoms with van der Waals surface area (Å²) in [6.45, 7) is 6.52. The van der Waals surface area contributed by atoms with Gasteiger partial charge in [0, 0.05) is 6.04 Å². The molecule has 4 nitrogen and oxygen atoms in total. The smallest absolute Gasteiger partial charge is 0.250 e.